The van der Waals surface area contributed by atoms with Gasteiger partial charge in [0.1, 0.15) is 5.75 Å². The van der Waals surface area contributed by atoms with E-state index in [1.807, 2.05) is 6.07 Å². The summed E-state index contributed by atoms with van der Waals surface area (Å²) >= 11 is 0. The zero-order valence-corrected chi connectivity index (χ0v) is 12.1. The number of piperidine rings is 1. The largest absolute Gasteiger partial charge is 0.496 e. The minimum Gasteiger partial charge on any atom is -0.496 e. The number of aliphatic hydroxyl groups excluding tert-OH is 1. The minimum absolute atomic E-state index is 0.200. The summed E-state index contributed by atoms with van der Waals surface area (Å²) in [5, 5.41) is 13.5. The molecule has 2 unspecified atom stereocenters. The highest BCUT2D eigenvalue weighted by atomic mass is 16.5. The molecule has 0 radical (unpaired) electrons. The molecule has 2 N–H and O–H groups in total. The van der Waals surface area contributed by atoms with Gasteiger partial charge in [-0.2, -0.15) is 0 Å². The van der Waals surface area contributed by atoms with Crippen LogP contribution >= 0.6 is 0 Å². The molecule has 1 saturated heterocycles. The highest BCUT2D eigenvalue weighted by Gasteiger charge is 2.24. The number of ether oxygens (including phenoxy) is 1. The lowest BCUT2D eigenvalue weighted by Crippen LogP contribution is -2.40. The summed E-state index contributed by atoms with van der Waals surface area (Å²) in [7, 11) is 1.71. The van der Waals surface area contributed by atoms with Crippen LogP contribution in [-0.4, -0.2) is 31.4 Å². The van der Waals surface area contributed by atoms with Crippen LogP contribution in [0.5, 0.6) is 5.75 Å². The molecular formula is C16H25NO2. The molecular weight excluding hydrogens is 238 g/mol. The molecule has 0 spiro atoms. The first-order valence-corrected chi connectivity index (χ1v) is 7.17. The van der Waals surface area contributed by atoms with Crippen molar-refractivity contribution in [3.05, 3.63) is 29.3 Å². The summed E-state index contributed by atoms with van der Waals surface area (Å²) in [6, 6.07) is 6.40. The average Bonchev–Trinajstić information content (AvgIpc) is 2.41. The van der Waals surface area contributed by atoms with E-state index >= 15 is 0 Å². The second kappa shape index (κ2) is 6.40. The molecule has 2 rings (SSSR count). The maximum atomic E-state index is 10.1. The van der Waals surface area contributed by atoms with Crippen LogP contribution in [0, 0.1) is 5.92 Å². The molecule has 3 nitrogen and oxygen atoms in total. The first kappa shape index (κ1) is 14.4. The van der Waals surface area contributed by atoms with E-state index in [4.69, 9.17) is 4.74 Å². The summed E-state index contributed by atoms with van der Waals surface area (Å²) in [5.74, 6) is 1.73. The lowest BCUT2D eigenvalue weighted by atomic mass is 9.88. The van der Waals surface area contributed by atoms with Gasteiger partial charge in [-0.3, -0.25) is 0 Å². The normalized spacial score (nSPS) is 23.6. The smallest absolute Gasteiger partial charge is 0.122 e. The van der Waals surface area contributed by atoms with Crippen LogP contribution < -0.4 is 10.1 Å². The maximum absolute atomic E-state index is 10.1. The molecule has 1 aliphatic rings. The van der Waals surface area contributed by atoms with E-state index in [1.54, 1.807) is 7.11 Å². The number of hydrogen-bond donors (Lipinski definition) is 2. The lowest BCUT2D eigenvalue weighted by Gasteiger charge is -2.29. The summed E-state index contributed by atoms with van der Waals surface area (Å²) in [6.45, 7) is 6.20. The standard InChI is InChI=1S/C16H25NO2/c1-11(2)12-4-5-16(19-3)13(8-12)9-14-10-17-7-6-15(14)18/h4-5,8,11,14-15,17-18H,6-7,9-10H2,1-3H3. The van der Waals surface area contributed by atoms with Crippen LogP contribution in [0.2, 0.25) is 0 Å². The molecule has 0 bridgehead atoms. The topological polar surface area (TPSA) is 41.5 Å². The number of rotatable bonds is 4. The molecule has 106 valence electrons. The van der Waals surface area contributed by atoms with E-state index in [0.717, 1.165) is 31.7 Å². The van der Waals surface area contributed by atoms with Crippen molar-refractivity contribution >= 4 is 0 Å². The Kier molecular flexibility index (Phi) is 4.83. The van der Waals surface area contributed by atoms with Crippen molar-refractivity contribution in [2.24, 2.45) is 5.92 Å². The second-order valence-corrected chi connectivity index (χ2v) is 5.75. The number of methoxy groups -OCH3 is 1. The van der Waals surface area contributed by atoms with Gasteiger partial charge in [0.05, 0.1) is 13.2 Å². The molecule has 2 atom stereocenters. The van der Waals surface area contributed by atoms with Gasteiger partial charge < -0.3 is 15.2 Å². The predicted octanol–water partition coefficient (Wildman–Crippen LogP) is 2.33. The molecule has 1 aromatic rings. The third kappa shape index (κ3) is 3.48. The molecule has 19 heavy (non-hydrogen) atoms. The number of aliphatic hydroxyl groups is 1. The highest BCUT2D eigenvalue weighted by molar-refractivity contribution is 5.38. The summed E-state index contributed by atoms with van der Waals surface area (Å²) < 4.78 is 5.45. The molecule has 0 saturated carbocycles. The van der Waals surface area contributed by atoms with Crippen LogP contribution in [0.15, 0.2) is 18.2 Å². The number of hydrogen-bond acceptors (Lipinski definition) is 3. The molecule has 1 heterocycles. The molecule has 0 aliphatic carbocycles. The van der Waals surface area contributed by atoms with Crippen LogP contribution in [0.25, 0.3) is 0 Å². The summed E-state index contributed by atoms with van der Waals surface area (Å²) in [5.41, 5.74) is 2.54. The van der Waals surface area contributed by atoms with Crippen molar-refractivity contribution in [1.82, 2.24) is 5.32 Å². The molecule has 1 fully saturated rings. The van der Waals surface area contributed by atoms with Gasteiger partial charge in [0.2, 0.25) is 0 Å². The Labute approximate surface area is 116 Å². The van der Waals surface area contributed by atoms with Crippen molar-refractivity contribution in [1.29, 1.82) is 0 Å². The quantitative estimate of drug-likeness (QED) is 0.876. The fourth-order valence-electron chi connectivity index (χ4n) is 2.72. The van der Waals surface area contributed by atoms with Crippen molar-refractivity contribution in [2.45, 2.75) is 38.7 Å². The van der Waals surface area contributed by atoms with Crippen LogP contribution in [0.1, 0.15) is 37.3 Å². The van der Waals surface area contributed by atoms with Crippen LogP contribution in [-0.2, 0) is 6.42 Å². The first-order chi connectivity index (χ1) is 9.11. The Bertz CT molecular complexity index is 417. The van der Waals surface area contributed by atoms with E-state index in [0.29, 0.717) is 5.92 Å². The Morgan fingerprint density at radius 1 is 1.42 bits per heavy atom. The fraction of sp³-hybridized carbons (Fsp3) is 0.625. The second-order valence-electron chi connectivity index (χ2n) is 5.75. The van der Waals surface area contributed by atoms with Gasteiger partial charge in [0.15, 0.2) is 0 Å². The van der Waals surface area contributed by atoms with Crippen molar-refractivity contribution in [3.8, 4) is 5.75 Å². The SMILES string of the molecule is COc1ccc(C(C)C)cc1CC1CNCCC1O. The van der Waals surface area contributed by atoms with Gasteiger partial charge in [-0.25, -0.2) is 0 Å². The zero-order chi connectivity index (χ0) is 13.8. The first-order valence-electron chi connectivity index (χ1n) is 7.17. The molecule has 0 amide bonds. The van der Waals surface area contributed by atoms with Gasteiger partial charge in [-0.1, -0.05) is 26.0 Å². The van der Waals surface area contributed by atoms with E-state index in [-0.39, 0.29) is 12.0 Å². The Balaban J connectivity index is 2.19. The summed E-state index contributed by atoms with van der Waals surface area (Å²) in [6.07, 6.45) is 1.52. The lowest BCUT2D eigenvalue weighted by molar-refractivity contribution is 0.0788. The minimum atomic E-state index is -0.200. The number of benzene rings is 1. The number of nitrogens with one attached hydrogen (secondary N) is 1. The summed E-state index contributed by atoms with van der Waals surface area (Å²) in [4.78, 5) is 0. The van der Waals surface area contributed by atoms with Crippen LogP contribution in [0.3, 0.4) is 0 Å². The Morgan fingerprint density at radius 2 is 2.21 bits per heavy atom. The fourth-order valence-corrected chi connectivity index (χ4v) is 2.72. The van der Waals surface area contributed by atoms with Gasteiger partial charge >= 0.3 is 0 Å². The molecule has 0 aromatic heterocycles. The Hall–Kier alpha value is -1.06. The molecule has 1 aromatic carbocycles. The van der Waals surface area contributed by atoms with Gasteiger partial charge in [-0.05, 0) is 42.5 Å². The van der Waals surface area contributed by atoms with Crippen molar-refractivity contribution in [2.75, 3.05) is 20.2 Å². The monoisotopic (exact) mass is 263 g/mol. The highest BCUT2D eigenvalue weighted by Crippen LogP contribution is 2.28. The third-order valence-electron chi connectivity index (χ3n) is 4.02. The van der Waals surface area contributed by atoms with Gasteiger partial charge in [0, 0.05) is 12.5 Å². The maximum Gasteiger partial charge on any atom is 0.122 e. The molecule has 1 aliphatic heterocycles. The third-order valence-corrected chi connectivity index (χ3v) is 4.02. The van der Waals surface area contributed by atoms with E-state index < -0.39 is 0 Å². The Morgan fingerprint density at radius 3 is 2.84 bits per heavy atom. The van der Waals surface area contributed by atoms with Gasteiger partial charge in [-0.15, -0.1) is 0 Å². The van der Waals surface area contributed by atoms with E-state index in [1.165, 1.54) is 11.1 Å². The van der Waals surface area contributed by atoms with E-state index in [9.17, 15) is 5.11 Å². The predicted molar refractivity (Wildman–Crippen MR) is 77.8 cm³/mol. The van der Waals surface area contributed by atoms with Crippen LogP contribution in [0.4, 0.5) is 0 Å². The van der Waals surface area contributed by atoms with Crippen molar-refractivity contribution in [3.63, 3.8) is 0 Å². The van der Waals surface area contributed by atoms with Gasteiger partial charge in [0.25, 0.3) is 0 Å². The zero-order valence-electron chi connectivity index (χ0n) is 12.1. The van der Waals surface area contributed by atoms with E-state index in [2.05, 4.69) is 31.3 Å². The average molecular weight is 263 g/mol. The van der Waals surface area contributed by atoms with Crippen molar-refractivity contribution < 1.29 is 9.84 Å². The molecule has 3 heteroatoms.